The SMILES string of the molecule is CSc1ccc(C(=O)C2CCOC3(CCOC3)C2)cc1. The van der Waals surface area contributed by atoms with E-state index in [1.54, 1.807) is 11.8 Å². The zero-order valence-corrected chi connectivity index (χ0v) is 12.6. The lowest BCUT2D eigenvalue weighted by Gasteiger charge is -2.36. The van der Waals surface area contributed by atoms with Gasteiger partial charge in [0.25, 0.3) is 0 Å². The molecule has 2 saturated heterocycles. The first-order valence-electron chi connectivity index (χ1n) is 7.12. The fourth-order valence-electron chi connectivity index (χ4n) is 3.11. The molecule has 0 saturated carbocycles. The summed E-state index contributed by atoms with van der Waals surface area (Å²) in [5, 5.41) is 0. The monoisotopic (exact) mass is 292 g/mol. The summed E-state index contributed by atoms with van der Waals surface area (Å²) in [6, 6.07) is 7.93. The van der Waals surface area contributed by atoms with Crippen molar-refractivity contribution in [3.63, 3.8) is 0 Å². The van der Waals surface area contributed by atoms with Crippen LogP contribution in [0.5, 0.6) is 0 Å². The second-order valence-electron chi connectivity index (χ2n) is 5.62. The average Bonchev–Trinajstić information content (AvgIpc) is 2.94. The fraction of sp³-hybridized carbons (Fsp3) is 0.562. The van der Waals surface area contributed by atoms with Crippen molar-refractivity contribution in [3.8, 4) is 0 Å². The van der Waals surface area contributed by atoms with Gasteiger partial charge in [-0.1, -0.05) is 12.1 Å². The zero-order chi connectivity index (χ0) is 14.0. The molecule has 0 amide bonds. The third-order valence-electron chi connectivity index (χ3n) is 4.31. The highest BCUT2D eigenvalue weighted by atomic mass is 32.2. The van der Waals surface area contributed by atoms with E-state index in [1.807, 2.05) is 30.5 Å². The Morgan fingerprint density at radius 3 is 2.75 bits per heavy atom. The van der Waals surface area contributed by atoms with E-state index < -0.39 is 0 Å². The standard InChI is InChI=1S/C16H20O3S/c1-20-14-4-2-12(3-5-14)15(17)13-6-8-19-16(10-13)7-9-18-11-16/h2-5,13H,6-11H2,1H3. The Morgan fingerprint density at radius 2 is 2.10 bits per heavy atom. The number of ether oxygens (including phenoxy) is 2. The molecular weight excluding hydrogens is 272 g/mol. The molecule has 0 aliphatic carbocycles. The van der Waals surface area contributed by atoms with Crippen molar-refractivity contribution in [3.05, 3.63) is 29.8 Å². The fourth-order valence-corrected chi connectivity index (χ4v) is 3.51. The van der Waals surface area contributed by atoms with Crippen molar-refractivity contribution in [2.24, 2.45) is 5.92 Å². The van der Waals surface area contributed by atoms with E-state index in [1.165, 1.54) is 4.90 Å². The zero-order valence-electron chi connectivity index (χ0n) is 11.8. The van der Waals surface area contributed by atoms with Gasteiger partial charge in [-0.15, -0.1) is 11.8 Å². The van der Waals surface area contributed by atoms with Crippen molar-refractivity contribution in [2.45, 2.75) is 29.8 Å². The molecule has 108 valence electrons. The Hall–Kier alpha value is -0.840. The van der Waals surface area contributed by atoms with Crippen LogP contribution in [0.4, 0.5) is 0 Å². The molecule has 0 bridgehead atoms. The summed E-state index contributed by atoms with van der Waals surface area (Å²) in [6.07, 6.45) is 4.59. The Labute approximate surface area is 124 Å². The number of rotatable bonds is 3. The molecule has 20 heavy (non-hydrogen) atoms. The predicted molar refractivity (Wildman–Crippen MR) is 79.4 cm³/mol. The molecule has 1 aromatic carbocycles. The van der Waals surface area contributed by atoms with Gasteiger partial charge in [-0.2, -0.15) is 0 Å². The van der Waals surface area contributed by atoms with Crippen LogP contribution in [0.2, 0.25) is 0 Å². The molecule has 3 nitrogen and oxygen atoms in total. The molecule has 2 heterocycles. The number of ketones is 1. The largest absolute Gasteiger partial charge is 0.378 e. The van der Waals surface area contributed by atoms with Crippen molar-refractivity contribution < 1.29 is 14.3 Å². The van der Waals surface area contributed by atoms with Crippen molar-refractivity contribution >= 4 is 17.5 Å². The maximum Gasteiger partial charge on any atom is 0.166 e. The molecule has 1 spiro atoms. The summed E-state index contributed by atoms with van der Waals surface area (Å²) in [7, 11) is 0. The highest BCUT2D eigenvalue weighted by molar-refractivity contribution is 7.98. The minimum atomic E-state index is -0.197. The molecule has 0 aromatic heterocycles. The van der Waals surface area contributed by atoms with Crippen LogP contribution in [0.3, 0.4) is 0 Å². The Bertz CT molecular complexity index is 477. The van der Waals surface area contributed by atoms with Crippen LogP contribution < -0.4 is 0 Å². The Kier molecular flexibility index (Phi) is 4.15. The smallest absolute Gasteiger partial charge is 0.166 e. The number of carbonyl (C=O) groups excluding carboxylic acids is 1. The Morgan fingerprint density at radius 1 is 1.30 bits per heavy atom. The number of hydrogen-bond acceptors (Lipinski definition) is 4. The first-order chi connectivity index (χ1) is 9.72. The third kappa shape index (κ3) is 2.78. The third-order valence-corrected chi connectivity index (χ3v) is 5.05. The first-order valence-corrected chi connectivity index (χ1v) is 8.35. The second-order valence-corrected chi connectivity index (χ2v) is 6.50. The number of benzene rings is 1. The minimum absolute atomic E-state index is 0.0746. The summed E-state index contributed by atoms with van der Waals surface area (Å²) in [6.45, 7) is 2.06. The molecule has 0 radical (unpaired) electrons. The van der Waals surface area contributed by atoms with Gasteiger partial charge < -0.3 is 9.47 Å². The van der Waals surface area contributed by atoms with Gasteiger partial charge in [-0.3, -0.25) is 4.79 Å². The summed E-state index contributed by atoms with van der Waals surface area (Å²) in [4.78, 5) is 13.8. The summed E-state index contributed by atoms with van der Waals surface area (Å²) < 4.78 is 11.4. The van der Waals surface area contributed by atoms with Gasteiger partial charge in [0.15, 0.2) is 5.78 Å². The van der Waals surface area contributed by atoms with E-state index >= 15 is 0 Å². The van der Waals surface area contributed by atoms with Gasteiger partial charge >= 0.3 is 0 Å². The van der Waals surface area contributed by atoms with Gasteiger partial charge in [-0.05, 0) is 31.2 Å². The molecule has 2 aliphatic rings. The van der Waals surface area contributed by atoms with Gasteiger partial charge in [0, 0.05) is 36.0 Å². The van der Waals surface area contributed by atoms with Gasteiger partial charge in [0.2, 0.25) is 0 Å². The van der Waals surface area contributed by atoms with E-state index in [0.717, 1.165) is 31.4 Å². The summed E-state index contributed by atoms with van der Waals surface area (Å²) in [5.41, 5.74) is 0.626. The Balaban J connectivity index is 1.72. The minimum Gasteiger partial charge on any atom is -0.378 e. The van der Waals surface area contributed by atoms with Crippen LogP contribution in [-0.4, -0.2) is 37.5 Å². The summed E-state index contributed by atoms with van der Waals surface area (Å²) in [5.74, 6) is 0.331. The highest BCUT2D eigenvalue weighted by Gasteiger charge is 2.42. The van der Waals surface area contributed by atoms with Crippen LogP contribution in [0.15, 0.2) is 29.2 Å². The second kappa shape index (κ2) is 5.88. The molecule has 3 rings (SSSR count). The van der Waals surface area contributed by atoms with Gasteiger partial charge in [-0.25, -0.2) is 0 Å². The van der Waals surface area contributed by atoms with E-state index in [2.05, 4.69) is 0 Å². The maximum atomic E-state index is 12.6. The van der Waals surface area contributed by atoms with E-state index in [9.17, 15) is 4.79 Å². The lowest BCUT2D eigenvalue weighted by molar-refractivity contribution is -0.0920. The molecule has 2 aliphatic heterocycles. The molecule has 4 heteroatoms. The molecular formula is C16H20O3S. The topological polar surface area (TPSA) is 35.5 Å². The average molecular weight is 292 g/mol. The lowest BCUT2D eigenvalue weighted by atomic mass is 9.81. The van der Waals surface area contributed by atoms with E-state index in [-0.39, 0.29) is 17.3 Å². The maximum absolute atomic E-state index is 12.6. The van der Waals surface area contributed by atoms with Gasteiger partial charge in [0.05, 0.1) is 12.2 Å². The first kappa shape index (κ1) is 14.1. The number of carbonyl (C=O) groups is 1. The normalized spacial score (nSPS) is 29.8. The molecule has 2 fully saturated rings. The van der Waals surface area contributed by atoms with Crippen LogP contribution in [0, 0.1) is 5.92 Å². The molecule has 0 N–H and O–H groups in total. The summed E-state index contributed by atoms with van der Waals surface area (Å²) >= 11 is 1.69. The lowest BCUT2D eigenvalue weighted by Crippen LogP contribution is -2.42. The van der Waals surface area contributed by atoms with Gasteiger partial charge in [0.1, 0.15) is 0 Å². The van der Waals surface area contributed by atoms with Crippen molar-refractivity contribution in [1.29, 1.82) is 0 Å². The number of Topliss-reactive ketones (excluding diaryl/α,β-unsaturated/α-hetero) is 1. The van der Waals surface area contributed by atoms with E-state index in [0.29, 0.717) is 13.2 Å². The molecule has 1 aromatic rings. The van der Waals surface area contributed by atoms with Crippen molar-refractivity contribution in [1.82, 2.24) is 0 Å². The van der Waals surface area contributed by atoms with Crippen molar-refractivity contribution in [2.75, 3.05) is 26.1 Å². The van der Waals surface area contributed by atoms with Crippen LogP contribution in [-0.2, 0) is 9.47 Å². The number of thioether (sulfide) groups is 1. The van der Waals surface area contributed by atoms with E-state index in [4.69, 9.17) is 9.47 Å². The quantitative estimate of drug-likeness (QED) is 0.633. The van der Waals surface area contributed by atoms with Crippen LogP contribution in [0.25, 0.3) is 0 Å². The highest BCUT2D eigenvalue weighted by Crippen LogP contribution is 2.37. The van der Waals surface area contributed by atoms with Crippen LogP contribution in [0.1, 0.15) is 29.6 Å². The molecule has 2 atom stereocenters. The van der Waals surface area contributed by atoms with Crippen LogP contribution >= 0.6 is 11.8 Å². The predicted octanol–water partition coefficient (Wildman–Crippen LogP) is 3.18. The number of hydrogen-bond donors (Lipinski definition) is 0. The molecule has 2 unspecified atom stereocenters.